The van der Waals surface area contributed by atoms with Crippen LogP contribution in [0, 0.1) is 12.3 Å². The van der Waals surface area contributed by atoms with Gasteiger partial charge in [0.15, 0.2) is 0 Å². The normalized spacial score (nSPS) is 15.4. The van der Waals surface area contributed by atoms with E-state index in [0.29, 0.717) is 11.3 Å². The number of hydrogen-bond acceptors (Lipinski definition) is 1. The Hall–Kier alpha value is -2.41. The van der Waals surface area contributed by atoms with Gasteiger partial charge in [0.1, 0.15) is 0 Å². The molecule has 0 aliphatic heterocycles. The van der Waals surface area contributed by atoms with Gasteiger partial charge in [0.25, 0.3) is 0 Å². The molecule has 178 valence electrons. The Morgan fingerprint density at radius 3 is 2.43 bits per heavy atom. The van der Waals surface area contributed by atoms with E-state index in [2.05, 4.69) is 82.3 Å². The van der Waals surface area contributed by atoms with E-state index < -0.39 is 0 Å². The molecule has 1 aliphatic carbocycles. The van der Waals surface area contributed by atoms with Crippen LogP contribution in [0.25, 0.3) is 41.3 Å². The monoisotopic (exact) mass is 525 g/mol. The van der Waals surface area contributed by atoms with Crippen LogP contribution in [0.1, 0.15) is 75.5 Å². The molecule has 6 rings (SSSR count). The van der Waals surface area contributed by atoms with Crippen molar-refractivity contribution in [3.8, 4) is 11.3 Å². The molecule has 1 nitrogen and oxygen atoms in total. The van der Waals surface area contributed by atoms with Crippen molar-refractivity contribution in [3.63, 3.8) is 0 Å². The van der Waals surface area contributed by atoms with Crippen molar-refractivity contribution in [2.24, 2.45) is 5.41 Å². The van der Waals surface area contributed by atoms with E-state index in [-0.39, 0.29) is 14.5 Å². The minimum absolute atomic E-state index is 0.281. The zero-order valence-corrected chi connectivity index (χ0v) is 23.2. The molecule has 0 bridgehead atoms. The van der Waals surface area contributed by atoms with E-state index in [4.69, 9.17) is 4.98 Å². The summed E-state index contributed by atoms with van der Waals surface area (Å²) in [6.07, 6.45) is 9.90. The number of aryl methyl sites for hydroxylation is 1. The molecule has 0 amide bonds. The first-order chi connectivity index (χ1) is 16.9. The Balaban J connectivity index is 1.56. The van der Waals surface area contributed by atoms with Crippen LogP contribution < -0.4 is 0 Å². The predicted octanol–water partition coefficient (Wildman–Crippen LogP) is 9.21. The molecule has 0 saturated heterocycles. The zero-order valence-electron chi connectivity index (χ0n) is 21.4. The minimum atomic E-state index is 0.281. The van der Waals surface area contributed by atoms with Crippen LogP contribution in [0.15, 0.2) is 60.8 Å². The van der Waals surface area contributed by atoms with E-state index in [1.807, 2.05) is 6.20 Å². The fourth-order valence-corrected chi connectivity index (χ4v) is 8.93. The third-order valence-corrected chi connectivity index (χ3v) is 10.7. The summed E-state index contributed by atoms with van der Waals surface area (Å²) in [5.41, 5.74) is 7.36. The van der Waals surface area contributed by atoms with Gasteiger partial charge in [-0.2, -0.15) is 0 Å². The van der Waals surface area contributed by atoms with E-state index in [1.54, 1.807) is 9.82 Å². The van der Waals surface area contributed by atoms with Gasteiger partial charge >= 0.3 is 216 Å². The summed E-state index contributed by atoms with van der Waals surface area (Å²) in [7, 11) is 0. The van der Waals surface area contributed by atoms with Gasteiger partial charge < -0.3 is 0 Å². The van der Waals surface area contributed by atoms with Crippen LogP contribution >= 0.6 is 0 Å². The number of fused-ring (bicyclic) bond motifs is 4. The second-order valence-electron chi connectivity index (χ2n) is 11.7. The van der Waals surface area contributed by atoms with E-state index in [0.717, 1.165) is 6.42 Å². The van der Waals surface area contributed by atoms with Crippen molar-refractivity contribution in [1.82, 2.24) is 4.98 Å². The van der Waals surface area contributed by atoms with Crippen LogP contribution in [0.3, 0.4) is 0 Å². The van der Waals surface area contributed by atoms with Crippen LogP contribution in [-0.2, 0) is 6.42 Å². The summed E-state index contributed by atoms with van der Waals surface area (Å²) in [6, 6.07) is 20.9. The van der Waals surface area contributed by atoms with Crippen LogP contribution in [-0.4, -0.2) is 19.5 Å². The summed E-state index contributed by atoms with van der Waals surface area (Å²) in [5, 5.41) is 5.64. The average Bonchev–Trinajstić information content (AvgIpc) is 3.24. The van der Waals surface area contributed by atoms with Gasteiger partial charge in [0, 0.05) is 0 Å². The first kappa shape index (κ1) is 23.0. The predicted molar refractivity (Wildman–Crippen MR) is 153 cm³/mol. The van der Waals surface area contributed by atoms with Gasteiger partial charge in [-0.05, 0) is 0 Å². The molecule has 0 spiro atoms. The average molecular weight is 525 g/mol. The standard InChI is InChI=1S/C33H35NSe/c1-21-24(20-33(2,3)4)14-15-27-28-16-17-34-30(32(28)35-31(21)27)25-18-23-12-8-9-13-26(23)29(19-25)22-10-6-5-7-11-22/h8-9,12-19,22H,5-7,10-11,20H2,1-4H3. The Labute approximate surface area is 215 Å². The van der Waals surface area contributed by atoms with Crippen LogP contribution in [0.4, 0.5) is 0 Å². The first-order valence-corrected chi connectivity index (χ1v) is 14.9. The Bertz CT molecular complexity index is 1540. The van der Waals surface area contributed by atoms with Gasteiger partial charge in [0.05, 0.1) is 0 Å². The molecule has 0 radical (unpaired) electrons. The van der Waals surface area contributed by atoms with Gasteiger partial charge in [-0.15, -0.1) is 0 Å². The van der Waals surface area contributed by atoms with E-state index in [1.165, 1.54) is 80.3 Å². The molecular weight excluding hydrogens is 489 g/mol. The quantitative estimate of drug-likeness (QED) is 0.214. The Morgan fingerprint density at radius 2 is 1.63 bits per heavy atom. The fourth-order valence-electron chi connectivity index (χ4n) is 6.14. The third-order valence-electron chi connectivity index (χ3n) is 7.85. The molecule has 2 heterocycles. The molecule has 2 aromatic heterocycles. The van der Waals surface area contributed by atoms with Crippen molar-refractivity contribution in [1.29, 1.82) is 0 Å². The van der Waals surface area contributed by atoms with Crippen LogP contribution in [0.2, 0.25) is 0 Å². The summed E-state index contributed by atoms with van der Waals surface area (Å²) >= 11 is 0.281. The fraction of sp³-hybridized carbons (Fsp3) is 0.364. The van der Waals surface area contributed by atoms with Crippen molar-refractivity contribution >= 4 is 44.6 Å². The second kappa shape index (κ2) is 8.91. The van der Waals surface area contributed by atoms with Crippen molar-refractivity contribution in [2.45, 2.75) is 72.1 Å². The van der Waals surface area contributed by atoms with Gasteiger partial charge in [0.2, 0.25) is 0 Å². The molecular formula is C33H35NSe. The number of nitrogens with zero attached hydrogens (tertiary/aromatic N) is 1. The molecule has 0 atom stereocenters. The van der Waals surface area contributed by atoms with E-state index in [9.17, 15) is 0 Å². The molecule has 3 aromatic carbocycles. The number of aromatic nitrogens is 1. The number of hydrogen-bond donors (Lipinski definition) is 0. The summed E-state index contributed by atoms with van der Waals surface area (Å²) in [5.74, 6) is 0.676. The maximum atomic E-state index is 5.02. The van der Waals surface area contributed by atoms with Crippen LogP contribution in [0.5, 0.6) is 0 Å². The first-order valence-electron chi connectivity index (χ1n) is 13.2. The molecule has 2 heteroatoms. The summed E-state index contributed by atoms with van der Waals surface area (Å²) < 4.78 is 3.03. The molecule has 1 aliphatic rings. The van der Waals surface area contributed by atoms with Crippen molar-refractivity contribution < 1.29 is 0 Å². The Morgan fingerprint density at radius 1 is 0.857 bits per heavy atom. The maximum absolute atomic E-state index is 5.02. The van der Waals surface area contributed by atoms with Gasteiger partial charge in [-0.1, -0.05) is 0 Å². The number of pyridine rings is 1. The summed E-state index contributed by atoms with van der Waals surface area (Å²) in [6.45, 7) is 9.36. The summed E-state index contributed by atoms with van der Waals surface area (Å²) in [4.78, 5) is 5.02. The van der Waals surface area contributed by atoms with Crippen molar-refractivity contribution in [3.05, 3.63) is 77.5 Å². The zero-order chi connectivity index (χ0) is 24.2. The molecule has 1 fully saturated rings. The molecule has 0 unspecified atom stereocenters. The molecule has 1 saturated carbocycles. The van der Waals surface area contributed by atoms with Gasteiger partial charge in [-0.3, -0.25) is 0 Å². The van der Waals surface area contributed by atoms with Gasteiger partial charge in [-0.25, -0.2) is 0 Å². The Kier molecular flexibility index (Phi) is 5.86. The number of benzene rings is 3. The molecule has 5 aromatic rings. The second-order valence-corrected chi connectivity index (χ2v) is 13.9. The topological polar surface area (TPSA) is 12.9 Å². The number of rotatable bonds is 3. The molecule has 35 heavy (non-hydrogen) atoms. The van der Waals surface area contributed by atoms with E-state index >= 15 is 0 Å². The molecule has 0 N–H and O–H groups in total. The SMILES string of the molecule is Cc1c(CC(C)(C)C)ccc2c1[se]c1c(-c3cc(C4CCCCC4)c4ccccc4c3)nccc12. The van der Waals surface area contributed by atoms with Crippen molar-refractivity contribution in [2.75, 3.05) is 0 Å². The third kappa shape index (κ3) is 4.26.